The molecule has 1 rings (SSSR count). The minimum Gasteiger partial charge on any atom is -0.512 e. The minimum atomic E-state index is 1.75. The zero-order chi connectivity index (χ0) is 6.24. The molecule has 0 atom stereocenters. The van der Waals surface area contributed by atoms with E-state index in [1.54, 1.807) is 12.4 Å². The van der Waals surface area contributed by atoms with Gasteiger partial charge in [0.1, 0.15) is 0 Å². The number of hydrogen-bond acceptors (Lipinski definition) is 2. The zero-order valence-corrected chi connectivity index (χ0v) is 4.28. The number of rotatable bonds is 0. The maximum atomic E-state index is 6.25. The van der Waals surface area contributed by atoms with Gasteiger partial charge in [-0.3, -0.25) is 4.98 Å². The van der Waals surface area contributed by atoms with Gasteiger partial charge in [0.05, 0.1) is 0 Å². The Morgan fingerprint density at radius 1 is 1.00 bits per heavy atom. The molecular formula is C6H5N2-. The summed E-state index contributed by atoms with van der Waals surface area (Å²) in [6, 6.07) is 5.72. The highest BCUT2D eigenvalue weighted by molar-refractivity contribution is 4.88. The predicted molar refractivity (Wildman–Crippen MR) is 29.2 cm³/mol. The molecule has 0 aliphatic carbocycles. The quantitative estimate of drug-likeness (QED) is 0.464. The summed E-state index contributed by atoms with van der Waals surface area (Å²) in [7, 11) is 0. The Hall–Kier alpha value is -1.36. The van der Waals surface area contributed by atoms with Crippen LogP contribution in [0, 0.1) is 11.8 Å². The third-order valence-corrected chi connectivity index (χ3v) is 0.566. The summed E-state index contributed by atoms with van der Waals surface area (Å²) in [5, 5.41) is 6.25. The molecule has 1 aromatic rings. The molecule has 0 unspecified atom stereocenters. The van der Waals surface area contributed by atoms with Crippen molar-refractivity contribution in [1.29, 1.82) is 5.26 Å². The van der Waals surface area contributed by atoms with Crippen molar-refractivity contribution < 1.29 is 0 Å². The van der Waals surface area contributed by atoms with Gasteiger partial charge in [0.15, 0.2) is 0 Å². The van der Waals surface area contributed by atoms with Crippen LogP contribution in [0.1, 0.15) is 0 Å². The molecule has 1 heterocycles. The molecule has 0 aliphatic rings. The molecule has 40 valence electrons. The highest BCUT2D eigenvalue weighted by Gasteiger charge is 1.58. The average molecular weight is 105 g/mol. The topological polar surface area (TPSA) is 36.7 Å². The summed E-state index contributed by atoms with van der Waals surface area (Å²) in [5.74, 6) is 0. The van der Waals surface area contributed by atoms with Gasteiger partial charge in [-0.25, -0.2) is 0 Å². The fourth-order valence-electron chi connectivity index (χ4n) is 0.313. The van der Waals surface area contributed by atoms with Crippen molar-refractivity contribution in [2.75, 3.05) is 0 Å². The van der Waals surface area contributed by atoms with Gasteiger partial charge >= 0.3 is 0 Å². The molecule has 0 fully saturated rings. The van der Waals surface area contributed by atoms with Crippen LogP contribution in [0.15, 0.2) is 30.6 Å². The second kappa shape index (κ2) is 5.64. The lowest BCUT2D eigenvalue weighted by Crippen LogP contribution is -1.58. The van der Waals surface area contributed by atoms with E-state index in [0.717, 1.165) is 0 Å². The maximum absolute atomic E-state index is 6.25. The molecule has 0 bridgehead atoms. The smallest absolute Gasteiger partial charge is 0.0267 e. The Morgan fingerprint density at radius 2 is 1.50 bits per heavy atom. The van der Waals surface area contributed by atoms with Gasteiger partial charge in [-0.2, -0.15) is 0 Å². The van der Waals surface area contributed by atoms with Gasteiger partial charge in [-0.15, -0.1) is 0 Å². The van der Waals surface area contributed by atoms with Crippen LogP contribution >= 0.6 is 0 Å². The maximum Gasteiger partial charge on any atom is 0.0267 e. The molecule has 2 heteroatoms. The van der Waals surface area contributed by atoms with E-state index in [-0.39, 0.29) is 0 Å². The van der Waals surface area contributed by atoms with Crippen molar-refractivity contribution in [3.63, 3.8) is 0 Å². The largest absolute Gasteiger partial charge is 0.512 e. The molecule has 0 amide bonds. The Kier molecular flexibility index (Phi) is 4.68. The van der Waals surface area contributed by atoms with Gasteiger partial charge in [-0.05, 0) is 12.1 Å². The van der Waals surface area contributed by atoms with Crippen LogP contribution in [0.2, 0.25) is 0 Å². The van der Waals surface area contributed by atoms with Crippen LogP contribution < -0.4 is 0 Å². The van der Waals surface area contributed by atoms with Crippen LogP contribution in [0.25, 0.3) is 0 Å². The third kappa shape index (κ3) is 2.86. The van der Waals surface area contributed by atoms with E-state index in [1.165, 1.54) is 0 Å². The lowest BCUT2D eigenvalue weighted by Gasteiger charge is -1.70. The molecule has 0 spiro atoms. The molecule has 0 aromatic carbocycles. The summed E-state index contributed by atoms with van der Waals surface area (Å²) in [6.45, 7) is 4.75. The van der Waals surface area contributed by atoms with E-state index in [2.05, 4.69) is 4.98 Å². The van der Waals surface area contributed by atoms with Crippen LogP contribution in [0.4, 0.5) is 0 Å². The standard InChI is InChI=1S/C5H5N.CN/c1-2-4-6-5-3-1;1-2/h1-5H;/q;-1. The summed E-state index contributed by atoms with van der Waals surface area (Å²) in [6.07, 6.45) is 3.50. The normalized spacial score (nSPS) is 6.25. The van der Waals surface area contributed by atoms with Crippen LogP contribution in [0.3, 0.4) is 0 Å². The second-order valence-corrected chi connectivity index (χ2v) is 1.02. The summed E-state index contributed by atoms with van der Waals surface area (Å²) >= 11 is 0. The lowest BCUT2D eigenvalue weighted by atomic mass is 10.5. The average Bonchev–Trinajstić information content (AvgIpc) is 1.96. The van der Waals surface area contributed by atoms with Crippen molar-refractivity contribution in [3.8, 4) is 0 Å². The second-order valence-electron chi connectivity index (χ2n) is 1.02. The molecule has 0 aliphatic heterocycles. The molecule has 8 heavy (non-hydrogen) atoms. The molecular weight excluding hydrogens is 100 g/mol. The summed E-state index contributed by atoms with van der Waals surface area (Å²) < 4.78 is 0. The molecule has 1 aromatic heterocycles. The first-order valence-electron chi connectivity index (χ1n) is 2.07. The van der Waals surface area contributed by atoms with E-state index in [4.69, 9.17) is 11.8 Å². The molecule has 0 saturated heterocycles. The van der Waals surface area contributed by atoms with Crippen molar-refractivity contribution in [2.24, 2.45) is 0 Å². The van der Waals surface area contributed by atoms with Gasteiger partial charge in [-0.1, -0.05) is 6.07 Å². The zero-order valence-electron chi connectivity index (χ0n) is 4.28. The Morgan fingerprint density at radius 3 is 1.62 bits per heavy atom. The van der Waals surface area contributed by atoms with Crippen molar-refractivity contribution in [3.05, 3.63) is 37.2 Å². The Balaban J connectivity index is 0.000000222. The highest BCUT2D eigenvalue weighted by Crippen LogP contribution is 1.73. The summed E-state index contributed by atoms with van der Waals surface area (Å²) in [4.78, 5) is 3.78. The van der Waals surface area contributed by atoms with Crippen molar-refractivity contribution in [2.45, 2.75) is 0 Å². The predicted octanol–water partition coefficient (Wildman–Crippen LogP) is 1.18. The minimum absolute atomic E-state index is 1.75. The monoisotopic (exact) mass is 105 g/mol. The lowest BCUT2D eigenvalue weighted by molar-refractivity contribution is 1.33. The fourth-order valence-corrected chi connectivity index (χ4v) is 0.313. The highest BCUT2D eigenvalue weighted by atomic mass is 14.6. The fraction of sp³-hybridized carbons (Fsp3) is 0. The third-order valence-electron chi connectivity index (χ3n) is 0.566. The Labute approximate surface area is 48.4 Å². The molecule has 0 N–H and O–H groups in total. The van der Waals surface area contributed by atoms with Crippen LogP contribution in [0.5, 0.6) is 0 Å². The van der Waals surface area contributed by atoms with E-state index < -0.39 is 0 Å². The van der Waals surface area contributed by atoms with E-state index in [9.17, 15) is 0 Å². The van der Waals surface area contributed by atoms with Gasteiger partial charge in [0.2, 0.25) is 0 Å². The van der Waals surface area contributed by atoms with Gasteiger partial charge in [0, 0.05) is 12.4 Å². The number of nitrogens with zero attached hydrogens (tertiary/aromatic N) is 2. The van der Waals surface area contributed by atoms with Crippen LogP contribution in [-0.4, -0.2) is 4.98 Å². The van der Waals surface area contributed by atoms with Gasteiger partial charge in [0.25, 0.3) is 0 Å². The number of pyridine rings is 1. The van der Waals surface area contributed by atoms with E-state index >= 15 is 0 Å². The Bertz CT molecular complexity index is 107. The van der Waals surface area contributed by atoms with E-state index in [0.29, 0.717) is 0 Å². The molecule has 0 radical (unpaired) electrons. The van der Waals surface area contributed by atoms with Crippen molar-refractivity contribution >= 4 is 0 Å². The summed E-state index contributed by atoms with van der Waals surface area (Å²) in [5.41, 5.74) is 0. The first-order chi connectivity index (χ1) is 4.00. The van der Waals surface area contributed by atoms with Crippen LogP contribution in [-0.2, 0) is 0 Å². The number of hydrogen-bond donors (Lipinski definition) is 0. The number of aromatic nitrogens is 1. The first-order valence-corrected chi connectivity index (χ1v) is 2.07. The molecule has 0 saturated carbocycles. The first kappa shape index (κ1) is 6.64. The van der Waals surface area contributed by atoms with Crippen molar-refractivity contribution in [1.82, 2.24) is 4.98 Å². The van der Waals surface area contributed by atoms with Gasteiger partial charge < -0.3 is 11.8 Å². The van der Waals surface area contributed by atoms with E-state index in [1.807, 2.05) is 18.2 Å². The SMILES string of the molecule is [C-]#N.c1ccncc1. The molecule has 2 nitrogen and oxygen atoms in total.